The number of nitrogens with one attached hydrogen (secondary N) is 2. The second-order valence-corrected chi connectivity index (χ2v) is 11.8. The summed E-state index contributed by atoms with van der Waals surface area (Å²) in [6.07, 6.45) is -3.62. The summed E-state index contributed by atoms with van der Waals surface area (Å²) in [5.74, 6) is -6.88. The van der Waals surface area contributed by atoms with E-state index in [-0.39, 0.29) is 47.9 Å². The quantitative estimate of drug-likeness (QED) is 0.0834. The normalized spacial score (nSPS) is 14.3. The van der Waals surface area contributed by atoms with Gasteiger partial charge in [-0.2, -0.15) is 13.2 Å². The average Bonchev–Trinajstić information content (AvgIpc) is 3.80. The van der Waals surface area contributed by atoms with Gasteiger partial charge in [0.1, 0.15) is 11.6 Å². The van der Waals surface area contributed by atoms with Crippen molar-refractivity contribution in [2.45, 2.75) is 68.4 Å². The van der Waals surface area contributed by atoms with E-state index in [9.17, 15) is 22.8 Å². The predicted octanol–water partition coefficient (Wildman–Crippen LogP) is 6.06. The molecule has 13 heteroatoms. The second kappa shape index (κ2) is 14.1. The molecule has 0 aromatic heterocycles. The van der Waals surface area contributed by atoms with E-state index in [4.69, 9.17) is 30.1 Å². The molecule has 0 aliphatic heterocycles. The van der Waals surface area contributed by atoms with Crippen LogP contribution in [0.1, 0.15) is 50.3 Å². The molecule has 0 bridgehead atoms. The van der Waals surface area contributed by atoms with Crippen molar-refractivity contribution < 1.29 is 41.7 Å². The van der Waals surface area contributed by atoms with Crippen molar-refractivity contribution in [1.82, 2.24) is 5.32 Å². The van der Waals surface area contributed by atoms with Crippen molar-refractivity contribution in [3.05, 3.63) is 83.4 Å². The Kier molecular flexibility index (Phi) is 10.5. The molecule has 1 unspecified atom stereocenters. The van der Waals surface area contributed by atoms with E-state index in [1.54, 1.807) is 44.7 Å². The van der Waals surface area contributed by atoms with Crippen molar-refractivity contribution in [2.75, 3.05) is 6.61 Å². The average molecular weight is 646 g/mol. The maximum Gasteiger partial charge on any atom is 0.491 e. The lowest BCUT2D eigenvalue weighted by Gasteiger charge is -2.33. The predicted molar refractivity (Wildman–Crippen MR) is 162 cm³/mol. The smallest absolute Gasteiger partial charge is 0.490 e. The summed E-state index contributed by atoms with van der Waals surface area (Å²) in [7, 11) is 0. The third-order valence-corrected chi connectivity index (χ3v) is 7.87. The molecule has 0 spiro atoms. The zero-order valence-electron chi connectivity index (χ0n) is 24.9. The number of amides is 1. The molecule has 0 saturated heterocycles. The number of amidine groups is 1. The van der Waals surface area contributed by atoms with Gasteiger partial charge >= 0.3 is 23.8 Å². The number of hydrogen-bond acceptors (Lipinski definition) is 8. The fourth-order valence-electron chi connectivity index (χ4n) is 4.17. The number of ether oxygens (including phenoxy) is 4. The zero-order chi connectivity index (χ0) is 32.8. The van der Waals surface area contributed by atoms with Crippen LogP contribution in [-0.2, 0) is 26.7 Å². The molecule has 9 nitrogen and oxygen atoms in total. The number of esters is 1. The lowest BCUT2D eigenvalue weighted by atomic mass is 10.0. The van der Waals surface area contributed by atoms with E-state index in [1.165, 1.54) is 42.5 Å². The van der Waals surface area contributed by atoms with Crippen LogP contribution in [0.3, 0.4) is 0 Å². The molecule has 1 aliphatic rings. The van der Waals surface area contributed by atoms with Crippen LogP contribution in [-0.4, -0.2) is 41.8 Å². The van der Waals surface area contributed by atoms with Gasteiger partial charge in [-0.3, -0.25) is 10.2 Å². The number of carbonyl (C=O) groups is 2. The molecule has 4 rings (SSSR count). The first kappa shape index (κ1) is 33.5. The van der Waals surface area contributed by atoms with Crippen molar-refractivity contribution in [3.63, 3.8) is 0 Å². The number of rotatable bonds is 14. The van der Waals surface area contributed by atoms with Crippen molar-refractivity contribution in [1.29, 1.82) is 5.41 Å². The second-order valence-electron chi connectivity index (χ2n) is 10.4. The van der Waals surface area contributed by atoms with E-state index >= 15 is 0 Å². The Morgan fingerprint density at radius 2 is 1.73 bits per heavy atom. The molecular weight excluding hydrogens is 611 g/mol. The first-order chi connectivity index (χ1) is 21.3. The van der Waals surface area contributed by atoms with E-state index in [2.05, 4.69) is 5.32 Å². The van der Waals surface area contributed by atoms with Gasteiger partial charge in [0.05, 0.1) is 18.3 Å². The number of carbonyl (C=O) groups excluding carboxylic acids is 2. The van der Waals surface area contributed by atoms with Crippen molar-refractivity contribution >= 4 is 29.5 Å². The molecule has 240 valence electrons. The minimum atomic E-state index is -5.47. The van der Waals surface area contributed by atoms with Crippen LogP contribution in [0.5, 0.6) is 17.2 Å². The Hall–Kier alpha value is -4.39. The minimum Gasteiger partial charge on any atom is -0.490 e. The SMILES string of the molecule is CCOc1cc(C(OC(=O)C(F)(F)F)(Oc2ccc(C(=N)N)cc2)C(=O)NCc2ccccc2SC2CC2)ccc1OC(C)C. The molecule has 4 N–H and O–H groups in total. The van der Waals surface area contributed by atoms with Crippen LogP contribution in [0.15, 0.2) is 71.6 Å². The monoisotopic (exact) mass is 645 g/mol. The first-order valence-corrected chi connectivity index (χ1v) is 15.1. The number of benzene rings is 3. The van der Waals surface area contributed by atoms with E-state index in [0.29, 0.717) is 10.8 Å². The highest BCUT2D eigenvalue weighted by molar-refractivity contribution is 8.00. The summed E-state index contributed by atoms with van der Waals surface area (Å²) in [5, 5.41) is 10.7. The summed E-state index contributed by atoms with van der Waals surface area (Å²) >= 11 is 1.65. The molecule has 3 aromatic rings. The van der Waals surface area contributed by atoms with Gasteiger partial charge in [-0.05, 0) is 87.7 Å². The highest BCUT2D eigenvalue weighted by Crippen LogP contribution is 2.41. The highest BCUT2D eigenvalue weighted by atomic mass is 32.2. The van der Waals surface area contributed by atoms with E-state index in [1.807, 2.05) is 12.1 Å². The van der Waals surface area contributed by atoms with Gasteiger partial charge in [0.15, 0.2) is 11.5 Å². The summed E-state index contributed by atoms with van der Waals surface area (Å²) in [4.78, 5) is 27.5. The number of alkyl halides is 3. The number of nitrogens with two attached hydrogens (primary N) is 1. The van der Waals surface area contributed by atoms with Gasteiger partial charge in [0.25, 0.3) is 0 Å². The van der Waals surface area contributed by atoms with Crippen molar-refractivity contribution in [2.24, 2.45) is 5.73 Å². The summed E-state index contributed by atoms with van der Waals surface area (Å²) in [6, 6.07) is 16.6. The van der Waals surface area contributed by atoms with Crippen LogP contribution >= 0.6 is 11.8 Å². The maximum absolute atomic E-state index is 14.1. The van der Waals surface area contributed by atoms with E-state index < -0.39 is 23.8 Å². The maximum atomic E-state index is 14.1. The fraction of sp³-hybridized carbons (Fsp3) is 0.344. The largest absolute Gasteiger partial charge is 0.491 e. The summed E-state index contributed by atoms with van der Waals surface area (Å²) in [6.45, 7) is 5.31. The Balaban J connectivity index is 1.83. The molecule has 0 heterocycles. The van der Waals surface area contributed by atoms with Crippen LogP contribution in [0.2, 0.25) is 0 Å². The highest BCUT2D eigenvalue weighted by Gasteiger charge is 2.54. The van der Waals surface area contributed by atoms with Gasteiger partial charge in [-0.25, -0.2) is 4.79 Å². The summed E-state index contributed by atoms with van der Waals surface area (Å²) < 4.78 is 63.6. The Bertz CT molecular complexity index is 1530. The number of halogens is 3. The molecule has 1 saturated carbocycles. The van der Waals surface area contributed by atoms with E-state index in [0.717, 1.165) is 23.3 Å². The fourth-order valence-corrected chi connectivity index (χ4v) is 5.35. The van der Waals surface area contributed by atoms with Gasteiger partial charge < -0.3 is 30.0 Å². The van der Waals surface area contributed by atoms with Crippen LogP contribution in [0.25, 0.3) is 0 Å². The Morgan fingerprint density at radius 1 is 1.04 bits per heavy atom. The van der Waals surface area contributed by atoms with Crippen LogP contribution < -0.4 is 25.3 Å². The minimum absolute atomic E-state index is 0.0886. The molecule has 3 aromatic carbocycles. The van der Waals surface area contributed by atoms with Crippen LogP contribution in [0.4, 0.5) is 13.2 Å². The van der Waals surface area contributed by atoms with Crippen molar-refractivity contribution in [3.8, 4) is 17.2 Å². The Morgan fingerprint density at radius 3 is 2.33 bits per heavy atom. The summed E-state index contributed by atoms with van der Waals surface area (Å²) in [5.41, 5.74) is 6.28. The molecule has 1 fully saturated rings. The molecule has 1 aliphatic carbocycles. The van der Waals surface area contributed by atoms with Gasteiger partial charge in [0.2, 0.25) is 0 Å². The molecular formula is C32H34F3N3O6S. The van der Waals surface area contributed by atoms with Gasteiger partial charge in [0, 0.05) is 22.3 Å². The van der Waals surface area contributed by atoms with Crippen LogP contribution in [0, 0.1) is 5.41 Å². The molecule has 0 radical (unpaired) electrons. The standard InChI is InChI=1S/C32H34F3N3O6S/c1-4-41-26-17-22(11-16-25(26)42-19(2)3)31(44-30(40)32(33,34)35,43-23-12-9-20(10-13-23)28(36)37)29(39)38-18-21-7-5-6-8-27(21)45-24-14-15-24/h5-13,16-17,19,24H,4,14-15,18H2,1-3H3,(H3,36,37)(H,38,39). The molecule has 1 amide bonds. The number of thioether (sulfide) groups is 1. The Labute approximate surface area is 263 Å². The molecule has 45 heavy (non-hydrogen) atoms. The number of hydrogen-bond donors (Lipinski definition) is 3. The molecule has 1 atom stereocenters. The zero-order valence-corrected chi connectivity index (χ0v) is 25.7. The topological polar surface area (TPSA) is 133 Å². The lowest BCUT2D eigenvalue weighted by molar-refractivity contribution is -0.241. The third-order valence-electron chi connectivity index (χ3n) is 6.41. The van der Waals surface area contributed by atoms with Gasteiger partial charge in [-0.15, -0.1) is 11.8 Å². The first-order valence-electron chi connectivity index (χ1n) is 14.2. The van der Waals surface area contributed by atoms with Gasteiger partial charge in [-0.1, -0.05) is 18.2 Å². The third kappa shape index (κ3) is 8.62. The lowest BCUT2D eigenvalue weighted by Crippen LogP contribution is -2.53. The number of nitrogen functional groups attached to an aromatic ring is 1.